The molecule has 8 heteroatoms. The number of carbonyl (C=O) groups is 1. The van der Waals surface area contributed by atoms with Crippen molar-refractivity contribution >= 4 is 17.4 Å². The second-order valence-corrected chi connectivity index (χ2v) is 6.69. The molecule has 1 atom stereocenters. The summed E-state index contributed by atoms with van der Waals surface area (Å²) in [5, 5.41) is 18.5. The first-order valence-corrected chi connectivity index (χ1v) is 8.85. The number of amides is 1. The Hall–Kier alpha value is -3.55. The van der Waals surface area contributed by atoms with Crippen LogP contribution in [-0.2, 0) is 11.3 Å². The van der Waals surface area contributed by atoms with E-state index < -0.39 is 16.7 Å². The molecule has 0 bridgehead atoms. The average Bonchev–Trinajstić information content (AvgIpc) is 3.06. The molecule has 1 unspecified atom stereocenters. The van der Waals surface area contributed by atoms with Crippen LogP contribution >= 0.6 is 0 Å². The minimum Gasteiger partial charge on any atom is -0.305 e. The van der Waals surface area contributed by atoms with Crippen LogP contribution in [0.1, 0.15) is 30.5 Å². The van der Waals surface area contributed by atoms with Crippen molar-refractivity contribution in [3.63, 3.8) is 0 Å². The van der Waals surface area contributed by atoms with Gasteiger partial charge in [-0.1, -0.05) is 49.4 Å². The third-order valence-electron chi connectivity index (χ3n) is 4.93. The predicted molar refractivity (Wildman–Crippen MR) is 101 cm³/mol. The minimum absolute atomic E-state index is 0.0875. The zero-order chi connectivity index (χ0) is 19.8. The van der Waals surface area contributed by atoms with Crippen LogP contribution in [0, 0.1) is 15.9 Å². The number of aromatic nitrogens is 2. The summed E-state index contributed by atoms with van der Waals surface area (Å²) in [6.45, 7) is 2.01. The van der Waals surface area contributed by atoms with Gasteiger partial charge in [0.05, 0.1) is 11.5 Å². The van der Waals surface area contributed by atoms with Crippen LogP contribution in [0.15, 0.2) is 48.5 Å². The van der Waals surface area contributed by atoms with E-state index in [0.29, 0.717) is 11.1 Å². The quantitative estimate of drug-likeness (QED) is 0.545. The first-order valence-electron chi connectivity index (χ1n) is 8.85. The van der Waals surface area contributed by atoms with E-state index in [1.807, 2.05) is 30.3 Å². The van der Waals surface area contributed by atoms with Gasteiger partial charge in [0.1, 0.15) is 11.5 Å². The van der Waals surface area contributed by atoms with Gasteiger partial charge >= 0.3 is 5.69 Å². The molecular weight excluding hydrogens is 363 g/mol. The Kier molecular flexibility index (Phi) is 4.38. The molecule has 0 saturated carbocycles. The molecule has 28 heavy (non-hydrogen) atoms. The minimum atomic E-state index is -0.551. The maximum Gasteiger partial charge on any atom is 0.335 e. The number of rotatable bonds is 4. The summed E-state index contributed by atoms with van der Waals surface area (Å²) in [4.78, 5) is 22.7. The van der Waals surface area contributed by atoms with E-state index in [4.69, 9.17) is 0 Å². The van der Waals surface area contributed by atoms with Crippen LogP contribution in [0.2, 0.25) is 0 Å². The zero-order valence-corrected chi connectivity index (χ0v) is 15.1. The lowest BCUT2D eigenvalue weighted by Crippen LogP contribution is -2.23. The highest BCUT2D eigenvalue weighted by Crippen LogP contribution is 2.38. The lowest BCUT2D eigenvalue weighted by Gasteiger charge is -2.12. The molecule has 4 rings (SSSR count). The first-order chi connectivity index (χ1) is 13.5. The fraction of sp³-hybridized carbons (Fsp3) is 0.200. The molecule has 0 saturated heterocycles. The molecule has 142 valence electrons. The maximum absolute atomic E-state index is 14.7. The molecule has 0 radical (unpaired) electrons. The number of fused-ring (bicyclic) bond motifs is 1. The Morgan fingerprint density at radius 1 is 1.25 bits per heavy atom. The molecule has 1 aromatic heterocycles. The molecule has 2 aromatic carbocycles. The fourth-order valence-electron chi connectivity index (χ4n) is 3.44. The number of anilines is 1. The molecule has 1 aliphatic rings. The summed E-state index contributed by atoms with van der Waals surface area (Å²) in [6, 6.07) is 14.0. The normalized spacial score (nSPS) is 14.3. The number of aryl methyl sites for hydroxylation is 1. The summed E-state index contributed by atoms with van der Waals surface area (Å²) >= 11 is 0. The highest BCUT2D eigenvalue weighted by molar-refractivity contribution is 5.93. The first kappa shape index (κ1) is 17.8. The Bertz CT molecular complexity index is 1080. The highest BCUT2D eigenvalue weighted by atomic mass is 19.1. The summed E-state index contributed by atoms with van der Waals surface area (Å²) in [6.07, 6.45) is 0.208. The van der Waals surface area contributed by atoms with Crippen LogP contribution in [0.3, 0.4) is 0 Å². The molecule has 0 aliphatic carbocycles. The smallest absolute Gasteiger partial charge is 0.305 e. The van der Waals surface area contributed by atoms with E-state index >= 15 is 0 Å². The molecule has 3 aromatic rings. The Morgan fingerprint density at radius 2 is 2.00 bits per heavy atom. The van der Waals surface area contributed by atoms with Gasteiger partial charge in [0.2, 0.25) is 11.7 Å². The van der Waals surface area contributed by atoms with E-state index in [1.54, 1.807) is 19.1 Å². The number of nitrogens with one attached hydrogen (secondary N) is 1. The SMILES string of the molecule is CC(c1ccc(-c2ccccc2)c(F)c1)c1nn2c(c1[N+](=O)[O-])NC(=O)CC2. The molecule has 1 aliphatic heterocycles. The van der Waals surface area contributed by atoms with E-state index in [9.17, 15) is 19.3 Å². The van der Waals surface area contributed by atoms with Crippen molar-refractivity contribution in [1.29, 1.82) is 0 Å². The molecule has 1 amide bonds. The summed E-state index contributed by atoms with van der Waals surface area (Å²) < 4.78 is 16.2. The van der Waals surface area contributed by atoms with Crippen molar-refractivity contribution in [2.75, 3.05) is 5.32 Å². The molecule has 0 fully saturated rings. The lowest BCUT2D eigenvalue weighted by atomic mass is 9.94. The maximum atomic E-state index is 14.7. The third-order valence-corrected chi connectivity index (χ3v) is 4.93. The van der Waals surface area contributed by atoms with Crippen LogP contribution in [-0.4, -0.2) is 20.6 Å². The number of nitrogens with zero attached hydrogens (tertiary/aromatic N) is 3. The van der Waals surface area contributed by atoms with E-state index in [2.05, 4.69) is 10.4 Å². The van der Waals surface area contributed by atoms with Gasteiger partial charge in [0, 0.05) is 17.9 Å². The van der Waals surface area contributed by atoms with Crippen LogP contribution in [0.5, 0.6) is 0 Å². The number of hydrogen-bond donors (Lipinski definition) is 1. The number of benzene rings is 2. The van der Waals surface area contributed by atoms with Gasteiger partial charge in [0.15, 0.2) is 0 Å². The second kappa shape index (κ2) is 6.88. The fourth-order valence-corrected chi connectivity index (χ4v) is 3.44. The van der Waals surface area contributed by atoms with Crippen molar-refractivity contribution in [2.24, 2.45) is 0 Å². The summed E-state index contributed by atoms with van der Waals surface area (Å²) in [5.41, 5.74) is 1.75. The van der Waals surface area contributed by atoms with E-state index in [1.165, 1.54) is 10.7 Å². The molecule has 0 spiro atoms. The van der Waals surface area contributed by atoms with Crippen molar-refractivity contribution in [3.05, 3.63) is 75.7 Å². The van der Waals surface area contributed by atoms with Crippen molar-refractivity contribution in [3.8, 4) is 11.1 Å². The average molecular weight is 380 g/mol. The Morgan fingerprint density at radius 3 is 2.68 bits per heavy atom. The van der Waals surface area contributed by atoms with Crippen LogP contribution < -0.4 is 5.32 Å². The number of hydrogen-bond acceptors (Lipinski definition) is 4. The number of carbonyl (C=O) groups excluding carboxylic acids is 1. The third kappa shape index (κ3) is 3.02. The standard InChI is InChI=1S/C20H17FN4O3/c1-12(14-7-8-15(16(21)11-14)13-5-3-2-4-6-13)18-19(25(27)28)20-22-17(26)9-10-24(20)23-18/h2-8,11-12H,9-10H2,1H3,(H,22,26). The van der Waals surface area contributed by atoms with E-state index in [-0.39, 0.29) is 36.1 Å². The van der Waals surface area contributed by atoms with E-state index in [0.717, 1.165) is 5.56 Å². The van der Waals surface area contributed by atoms with Gasteiger partial charge in [-0.3, -0.25) is 14.9 Å². The van der Waals surface area contributed by atoms with Gasteiger partial charge in [-0.25, -0.2) is 9.07 Å². The van der Waals surface area contributed by atoms with Gasteiger partial charge in [-0.2, -0.15) is 5.10 Å². The topological polar surface area (TPSA) is 90.1 Å². The largest absolute Gasteiger partial charge is 0.335 e. The van der Waals surface area contributed by atoms with Crippen LogP contribution in [0.4, 0.5) is 15.9 Å². The van der Waals surface area contributed by atoms with Crippen LogP contribution in [0.25, 0.3) is 11.1 Å². The van der Waals surface area contributed by atoms with Gasteiger partial charge in [0.25, 0.3) is 0 Å². The summed E-state index contributed by atoms with van der Waals surface area (Å²) in [5.74, 6) is -1.12. The van der Waals surface area contributed by atoms with Crippen molar-refractivity contribution in [1.82, 2.24) is 9.78 Å². The Balaban J connectivity index is 1.74. The van der Waals surface area contributed by atoms with Crippen molar-refractivity contribution < 1.29 is 14.1 Å². The summed E-state index contributed by atoms with van der Waals surface area (Å²) in [7, 11) is 0. The molecule has 1 N–H and O–H groups in total. The number of nitro groups is 1. The zero-order valence-electron chi connectivity index (χ0n) is 15.1. The second-order valence-electron chi connectivity index (χ2n) is 6.69. The van der Waals surface area contributed by atoms with Crippen molar-refractivity contribution in [2.45, 2.75) is 25.8 Å². The predicted octanol–water partition coefficient (Wildman–Crippen LogP) is 4.09. The number of halogens is 1. The van der Waals surface area contributed by atoms with Gasteiger partial charge < -0.3 is 5.32 Å². The molecular formula is C20H17FN4O3. The highest BCUT2D eigenvalue weighted by Gasteiger charge is 2.34. The lowest BCUT2D eigenvalue weighted by molar-refractivity contribution is -0.384. The monoisotopic (exact) mass is 380 g/mol. The molecule has 2 heterocycles. The Labute approximate surface area is 160 Å². The molecule has 7 nitrogen and oxygen atoms in total. The van der Waals surface area contributed by atoms with Gasteiger partial charge in [-0.05, 0) is 17.2 Å². The van der Waals surface area contributed by atoms with Gasteiger partial charge in [-0.15, -0.1) is 0 Å².